The summed E-state index contributed by atoms with van der Waals surface area (Å²) in [5.74, 6) is 0.989. The maximum Gasteiger partial charge on any atom is 0.472 e. The van der Waals surface area contributed by atoms with Crippen LogP contribution in [-0.4, -0.2) is 96.7 Å². The minimum absolute atomic E-state index is 0.104. The minimum atomic E-state index is -4.96. The van der Waals surface area contributed by atoms with E-state index in [4.69, 9.17) is 37.0 Å². The molecule has 0 aromatic carbocycles. The van der Waals surface area contributed by atoms with E-state index >= 15 is 0 Å². The van der Waals surface area contributed by atoms with E-state index < -0.39 is 97.5 Å². The first kappa shape index (κ1) is 96.1. The number of phosphoric ester groups is 2. The van der Waals surface area contributed by atoms with Gasteiger partial charge in [0.05, 0.1) is 26.4 Å². The van der Waals surface area contributed by atoms with E-state index in [-0.39, 0.29) is 25.7 Å². The standard InChI is InChI=1S/C79H154O17P2/c1-9-71(7)57-49-41-33-29-30-36-46-54-62-79(84)96-75(66-90-77(82)60-52-44-38-37-42-50-58-72(8)10-2)68-94-98(87,88)92-64-73(80)63-91-97(85,86)93-67-74(95-78(83)61-53-45-35-28-24-20-16-15-18-22-26-32-40-48-56-70(5)6)65-89-76(81)59-51-43-34-27-23-19-14-12-11-13-17-21-25-31-39-47-55-69(3)4/h69-75,80H,9-68H2,1-8H3,(H,85,86)(H,87,88)/t71?,72?,73-,74-,75-/m1/s1. The summed E-state index contributed by atoms with van der Waals surface area (Å²) in [6.45, 7) is 14.2. The fraction of sp³-hybridized carbons (Fsp3) is 0.949. The van der Waals surface area contributed by atoms with Gasteiger partial charge in [-0.3, -0.25) is 37.3 Å². The number of carbonyl (C=O) groups excluding carboxylic acids is 4. The molecule has 0 aliphatic carbocycles. The van der Waals surface area contributed by atoms with Crippen LogP contribution in [0.2, 0.25) is 0 Å². The molecule has 0 aromatic heterocycles. The number of esters is 4. The molecule has 4 unspecified atom stereocenters. The number of phosphoric acid groups is 2. The Morgan fingerprint density at radius 3 is 0.724 bits per heavy atom. The highest BCUT2D eigenvalue weighted by atomic mass is 31.2. The third kappa shape index (κ3) is 69.8. The highest BCUT2D eigenvalue weighted by molar-refractivity contribution is 7.47. The molecule has 0 aliphatic heterocycles. The number of aliphatic hydroxyl groups is 1. The van der Waals surface area contributed by atoms with Crippen molar-refractivity contribution >= 4 is 39.5 Å². The van der Waals surface area contributed by atoms with Gasteiger partial charge in [-0.15, -0.1) is 0 Å². The summed E-state index contributed by atoms with van der Waals surface area (Å²) in [4.78, 5) is 72.9. The van der Waals surface area contributed by atoms with Gasteiger partial charge in [-0.2, -0.15) is 0 Å². The number of ether oxygens (including phenoxy) is 4. The topological polar surface area (TPSA) is 237 Å². The lowest BCUT2D eigenvalue weighted by molar-refractivity contribution is -0.161. The van der Waals surface area contributed by atoms with E-state index in [0.717, 1.165) is 120 Å². The van der Waals surface area contributed by atoms with Gasteiger partial charge in [0.15, 0.2) is 12.2 Å². The van der Waals surface area contributed by atoms with Gasteiger partial charge in [0, 0.05) is 25.7 Å². The molecular weight excluding hydrogens is 1280 g/mol. The molecule has 0 bridgehead atoms. The summed E-state index contributed by atoms with van der Waals surface area (Å²) in [6, 6.07) is 0. The van der Waals surface area contributed by atoms with Crippen molar-refractivity contribution in [1.82, 2.24) is 0 Å². The predicted octanol–water partition coefficient (Wildman–Crippen LogP) is 23.2. The molecule has 0 amide bonds. The summed E-state index contributed by atoms with van der Waals surface area (Å²) in [7, 11) is -9.92. The summed E-state index contributed by atoms with van der Waals surface area (Å²) < 4.78 is 68.6. The van der Waals surface area contributed by atoms with E-state index in [1.54, 1.807) is 0 Å². The third-order valence-corrected chi connectivity index (χ3v) is 20.9. The second-order valence-corrected chi connectivity index (χ2v) is 32.8. The number of aliphatic hydroxyl groups excluding tert-OH is 1. The van der Waals surface area contributed by atoms with Gasteiger partial charge < -0.3 is 33.8 Å². The molecule has 0 saturated heterocycles. The number of unbranched alkanes of at least 4 members (excludes halogenated alkanes) is 40. The Bertz CT molecular complexity index is 1920. The second-order valence-electron chi connectivity index (χ2n) is 29.9. The van der Waals surface area contributed by atoms with Crippen LogP contribution in [0.25, 0.3) is 0 Å². The lowest BCUT2D eigenvalue weighted by Gasteiger charge is -2.21. The van der Waals surface area contributed by atoms with Crippen LogP contribution in [0.5, 0.6) is 0 Å². The van der Waals surface area contributed by atoms with Gasteiger partial charge in [-0.1, -0.05) is 351 Å². The quantitative estimate of drug-likeness (QED) is 0.0222. The third-order valence-electron chi connectivity index (χ3n) is 19.0. The predicted molar refractivity (Wildman–Crippen MR) is 400 cm³/mol. The average molecular weight is 1440 g/mol. The van der Waals surface area contributed by atoms with Crippen LogP contribution in [0.4, 0.5) is 0 Å². The Morgan fingerprint density at radius 2 is 0.490 bits per heavy atom. The van der Waals surface area contributed by atoms with Crippen molar-refractivity contribution in [2.45, 2.75) is 420 Å². The molecule has 0 spiro atoms. The van der Waals surface area contributed by atoms with Gasteiger partial charge in [-0.05, 0) is 49.4 Å². The highest BCUT2D eigenvalue weighted by Gasteiger charge is 2.30. The van der Waals surface area contributed by atoms with E-state index in [9.17, 15) is 43.2 Å². The first-order valence-electron chi connectivity index (χ1n) is 40.8. The van der Waals surface area contributed by atoms with Gasteiger partial charge >= 0.3 is 39.5 Å². The largest absolute Gasteiger partial charge is 0.472 e. The molecular formula is C79H154O17P2. The molecule has 0 aromatic rings. The normalized spacial score (nSPS) is 14.6. The van der Waals surface area contributed by atoms with E-state index in [1.165, 1.54) is 199 Å². The molecule has 7 atom stereocenters. The van der Waals surface area contributed by atoms with Crippen LogP contribution in [0.15, 0.2) is 0 Å². The van der Waals surface area contributed by atoms with Crippen molar-refractivity contribution in [2.75, 3.05) is 39.6 Å². The van der Waals surface area contributed by atoms with Crippen LogP contribution in [0.1, 0.15) is 402 Å². The van der Waals surface area contributed by atoms with Crippen molar-refractivity contribution in [3.8, 4) is 0 Å². The molecule has 0 radical (unpaired) electrons. The first-order valence-corrected chi connectivity index (χ1v) is 43.8. The lowest BCUT2D eigenvalue weighted by Crippen LogP contribution is -2.30. The van der Waals surface area contributed by atoms with Gasteiger partial charge in [-0.25, -0.2) is 9.13 Å². The Labute approximate surface area is 600 Å². The molecule has 19 heteroatoms. The minimum Gasteiger partial charge on any atom is -0.462 e. The Balaban J connectivity index is 5.24. The molecule has 0 saturated carbocycles. The number of rotatable bonds is 76. The number of hydrogen-bond donors (Lipinski definition) is 3. The maximum absolute atomic E-state index is 13.1. The smallest absolute Gasteiger partial charge is 0.462 e. The summed E-state index contributed by atoms with van der Waals surface area (Å²) in [5.41, 5.74) is 0. The molecule has 0 heterocycles. The van der Waals surface area contributed by atoms with Crippen LogP contribution in [-0.2, 0) is 65.4 Å². The monoisotopic (exact) mass is 1440 g/mol. The summed E-state index contributed by atoms with van der Waals surface area (Å²) >= 11 is 0. The average Bonchev–Trinajstić information content (AvgIpc) is 1.11. The number of hydrogen-bond acceptors (Lipinski definition) is 15. The molecule has 582 valence electrons. The molecule has 17 nitrogen and oxygen atoms in total. The SMILES string of the molecule is CCC(C)CCCCCCCCCCC(=O)O[C@H](COC(=O)CCCCCCCCC(C)CC)COP(=O)(O)OC[C@H](O)COP(=O)(O)OC[C@@H](COC(=O)CCCCCCCCCCCCCCCCCCC(C)C)OC(=O)CCCCCCCCCCCCCCCCC(C)C. The molecule has 98 heavy (non-hydrogen) atoms. The highest BCUT2D eigenvalue weighted by Crippen LogP contribution is 2.45. The van der Waals surface area contributed by atoms with Crippen molar-refractivity contribution in [3.63, 3.8) is 0 Å². The molecule has 3 N–H and O–H groups in total. The van der Waals surface area contributed by atoms with Crippen molar-refractivity contribution < 1.29 is 80.2 Å². The fourth-order valence-corrected chi connectivity index (χ4v) is 13.6. The summed E-state index contributed by atoms with van der Waals surface area (Å²) in [6.07, 6.45) is 54.1. The number of carbonyl (C=O) groups is 4. The Morgan fingerprint density at radius 1 is 0.286 bits per heavy atom. The zero-order chi connectivity index (χ0) is 72.4. The van der Waals surface area contributed by atoms with Crippen LogP contribution in [0.3, 0.4) is 0 Å². The lowest BCUT2D eigenvalue weighted by atomic mass is 9.99. The second kappa shape index (κ2) is 68.2. The van der Waals surface area contributed by atoms with Crippen LogP contribution < -0.4 is 0 Å². The van der Waals surface area contributed by atoms with Gasteiger partial charge in [0.1, 0.15) is 19.3 Å². The van der Waals surface area contributed by atoms with Crippen molar-refractivity contribution in [1.29, 1.82) is 0 Å². The first-order chi connectivity index (χ1) is 47.2. The van der Waals surface area contributed by atoms with E-state index in [1.807, 2.05) is 0 Å². The maximum atomic E-state index is 13.1. The van der Waals surface area contributed by atoms with E-state index in [2.05, 4.69) is 55.4 Å². The molecule has 0 rings (SSSR count). The van der Waals surface area contributed by atoms with Crippen molar-refractivity contribution in [3.05, 3.63) is 0 Å². The van der Waals surface area contributed by atoms with Gasteiger partial charge in [0.2, 0.25) is 0 Å². The fourth-order valence-electron chi connectivity index (χ4n) is 12.0. The zero-order valence-corrected chi connectivity index (χ0v) is 66.2. The Hall–Kier alpha value is -1.94. The van der Waals surface area contributed by atoms with Gasteiger partial charge in [0.25, 0.3) is 0 Å². The van der Waals surface area contributed by atoms with Crippen LogP contribution >= 0.6 is 15.6 Å². The van der Waals surface area contributed by atoms with E-state index in [0.29, 0.717) is 25.7 Å². The Kier molecular flexibility index (Phi) is 66.8. The molecule has 0 fully saturated rings. The van der Waals surface area contributed by atoms with Crippen LogP contribution in [0, 0.1) is 23.7 Å². The summed E-state index contributed by atoms with van der Waals surface area (Å²) in [5, 5.41) is 10.6. The molecule has 0 aliphatic rings. The van der Waals surface area contributed by atoms with Crippen molar-refractivity contribution in [2.24, 2.45) is 23.7 Å². The zero-order valence-electron chi connectivity index (χ0n) is 64.4.